The molecular weight excluding hydrogens is 412 g/mol. The van der Waals surface area contributed by atoms with Gasteiger partial charge in [0.15, 0.2) is 6.61 Å². The van der Waals surface area contributed by atoms with Crippen LogP contribution in [0.25, 0.3) is 0 Å². The van der Waals surface area contributed by atoms with Gasteiger partial charge in [-0.1, -0.05) is 0 Å². The number of esters is 3. The normalized spacial score (nSPS) is 10.2. The van der Waals surface area contributed by atoms with Crippen LogP contribution in [-0.4, -0.2) is 43.6 Å². The zero-order chi connectivity index (χ0) is 22.3. The van der Waals surface area contributed by atoms with Crippen LogP contribution in [-0.2, 0) is 19.0 Å². The lowest BCUT2D eigenvalue weighted by Gasteiger charge is -2.08. The Bertz CT molecular complexity index is 951. The van der Waals surface area contributed by atoms with Gasteiger partial charge in [0.25, 0.3) is 5.91 Å². The summed E-state index contributed by atoms with van der Waals surface area (Å²) < 4.78 is 15.0. The van der Waals surface area contributed by atoms with Gasteiger partial charge in [0.05, 0.1) is 24.3 Å². The molecule has 2 aromatic rings. The van der Waals surface area contributed by atoms with Crippen molar-refractivity contribution in [1.82, 2.24) is 0 Å². The van der Waals surface area contributed by atoms with Crippen molar-refractivity contribution in [3.63, 3.8) is 0 Å². The van der Waals surface area contributed by atoms with Crippen molar-refractivity contribution in [3.05, 3.63) is 45.8 Å². The van der Waals surface area contributed by atoms with Gasteiger partial charge in [-0.25, -0.2) is 14.4 Å². The van der Waals surface area contributed by atoms with E-state index in [4.69, 9.17) is 19.9 Å². The van der Waals surface area contributed by atoms with Crippen molar-refractivity contribution >= 4 is 45.8 Å². The summed E-state index contributed by atoms with van der Waals surface area (Å²) in [6, 6.07) is 6.02. The average molecular weight is 434 g/mol. The van der Waals surface area contributed by atoms with Gasteiger partial charge >= 0.3 is 17.9 Å². The molecule has 0 spiro atoms. The number of benzene rings is 1. The largest absolute Gasteiger partial charge is 0.462 e. The van der Waals surface area contributed by atoms with Crippen LogP contribution in [0, 0.1) is 6.92 Å². The highest BCUT2D eigenvalue weighted by molar-refractivity contribution is 7.18. The van der Waals surface area contributed by atoms with Crippen molar-refractivity contribution in [2.24, 2.45) is 0 Å². The molecule has 1 aromatic carbocycles. The third kappa shape index (κ3) is 5.57. The third-order valence-electron chi connectivity index (χ3n) is 3.82. The minimum absolute atomic E-state index is 0.0584. The second-order valence-electron chi connectivity index (χ2n) is 5.95. The van der Waals surface area contributed by atoms with Crippen molar-refractivity contribution in [1.29, 1.82) is 0 Å². The van der Waals surface area contributed by atoms with E-state index in [1.54, 1.807) is 20.8 Å². The number of nitrogen functional groups attached to an aromatic ring is 1. The molecule has 0 radical (unpaired) electrons. The SMILES string of the molecule is CCOC(=O)c1sc(NC(=O)COC(=O)c2ccc(N)cc2)c(C(=O)OCC)c1C. The zero-order valence-corrected chi connectivity index (χ0v) is 17.6. The first-order chi connectivity index (χ1) is 14.3. The highest BCUT2D eigenvalue weighted by Crippen LogP contribution is 2.34. The Morgan fingerprint density at radius 2 is 1.53 bits per heavy atom. The maximum atomic E-state index is 12.3. The smallest absolute Gasteiger partial charge is 0.348 e. The number of carbonyl (C=O) groups is 4. The van der Waals surface area contributed by atoms with E-state index < -0.39 is 30.4 Å². The van der Waals surface area contributed by atoms with Crippen molar-refractivity contribution in [2.45, 2.75) is 20.8 Å². The number of nitrogens with one attached hydrogen (secondary N) is 1. The molecule has 10 heteroatoms. The van der Waals surface area contributed by atoms with E-state index in [-0.39, 0.29) is 34.2 Å². The summed E-state index contributed by atoms with van der Waals surface area (Å²) in [4.78, 5) is 48.9. The van der Waals surface area contributed by atoms with Crippen LogP contribution in [0.1, 0.15) is 49.8 Å². The van der Waals surface area contributed by atoms with E-state index >= 15 is 0 Å². The summed E-state index contributed by atoms with van der Waals surface area (Å²) in [5.41, 5.74) is 6.69. The number of carbonyl (C=O) groups excluding carboxylic acids is 4. The van der Waals surface area contributed by atoms with Gasteiger partial charge in [-0.2, -0.15) is 0 Å². The van der Waals surface area contributed by atoms with Crippen LogP contribution >= 0.6 is 11.3 Å². The first-order valence-corrected chi connectivity index (χ1v) is 9.90. The molecule has 0 saturated heterocycles. The van der Waals surface area contributed by atoms with Gasteiger partial charge in [-0.15, -0.1) is 11.3 Å². The highest BCUT2D eigenvalue weighted by atomic mass is 32.1. The Kier molecular flexibility index (Phi) is 7.93. The molecule has 30 heavy (non-hydrogen) atoms. The lowest BCUT2D eigenvalue weighted by molar-refractivity contribution is -0.119. The second kappa shape index (κ2) is 10.4. The number of thiophene rings is 1. The van der Waals surface area contributed by atoms with E-state index in [1.807, 2.05) is 0 Å². The first kappa shape index (κ1) is 22.9. The summed E-state index contributed by atoms with van der Waals surface area (Å²) in [5.74, 6) is -2.68. The summed E-state index contributed by atoms with van der Waals surface area (Å²) in [7, 11) is 0. The van der Waals surface area contributed by atoms with E-state index in [2.05, 4.69) is 5.32 Å². The average Bonchev–Trinajstić information content (AvgIpc) is 3.03. The Hall–Kier alpha value is -3.40. The molecule has 1 heterocycles. The Labute approximate surface area is 177 Å². The molecule has 3 N–H and O–H groups in total. The molecule has 1 aromatic heterocycles. The summed E-state index contributed by atoms with van der Waals surface area (Å²) in [6.45, 7) is 4.55. The van der Waals surface area contributed by atoms with Crippen molar-refractivity contribution in [3.8, 4) is 0 Å². The molecule has 2 rings (SSSR count). The molecule has 0 fully saturated rings. The summed E-state index contributed by atoms with van der Waals surface area (Å²) in [6.07, 6.45) is 0. The van der Waals surface area contributed by atoms with Crippen LogP contribution in [0.15, 0.2) is 24.3 Å². The fourth-order valence-corrected chi connectivity index (χ4v) is 3.54. The predicted molar refractivity (Wildman–Crippen MR) is 111 cm³/mol. The topological polar surface area (TPSA) is 134 Å². The summed E-state index contributed by atoms with van der Waals surface area (Å²) >= 11 is 0.887. The monoisotopic (exact) mass is 434 g/mol. The van der Waals surface area contributed by atoms with Crippen LogP contribution in [0.2, 0.25) is 0 Å². The Morgan fingerprint density at radius 3 is 2.13 bits per heavy atom. The van der Waals surface area contributed by atoms with Gasteiger partial charge in [0, 0.05) is 5.69 Å². The molecule has 160 valence electrons. The molecule has 9 nitrogen and oxygen atoms in total. The Balaban J connectivity index is 2.14. The molecule has 0 saturated carbocycles. The van der Waals surface area contributed by atoms with Gasteiger partial charge in [-0.05, 0) is 50.6 Å². The van der Waals surface area contributed by atoms with E-state index in [9.17, 15) is 19.2 Å². The highest BCUT2D eigenvalue weighted by Gasteiger charge is 2.27. The maximum Gasteiger partial charge on any atom is 0.348 e. The zero-order valence-electron chi connectivity index (χ0n) is 16.8. The molecular formula is C20H22N2O7S. The number of nitrogens with two attached hydrogens (primary N) is 1. The quantitative estimate of drug-likeness (QED) is 0.368. The first-order valence-electron chi connectivity index (χ1n) is 9.08. The predicted octanol–water partition coefficient (Wildman–Crippen LogP) is 2.79. The maximum absolute atomic E-state index is 12.3. The molecule has 0 aliphatic carbocycles. The van der Waals surface area contributed by atoms with Gasteiger partial charge < -0.3 is 25.3 Å². The third-order valence-corrected chi connectivity index (χ3v) is 5.01. The van der Waals surface area contributed by atoms with E-state index in [1.165, 1.54) is 24.3 Å². The number of ether oxygens (including phenoxy) is 3. The lowest BCUT2D eigenvalue weighted by Crippen LogP contribution is -2.21. The number of hydrogen-bond donors (Lipinski definition) is 2. The fraction of sp³-hybridized carbons (Fsp3) is 0.300. The van der Waals surface area contributed by atoms with Crippen LogP contribution in [0.3, 0.4) is 0 Å². The number of anilines is 2. The minimum Gasteiger partial charge on any atom is -0.462 e. The number of amides is 1. The molecule has 0 atom stereocenters. The molecule has 0 aliphatic heterocycles. The van der Waals surface area contributed by atoms with Crippen LogP contribution < -0.4 is 11.1 Å². The fourth-order valence-electron chi connectivity index (χ4n) is 2.44. The molecule has 1 amide bonds. The van der Waals surface area contributed by atoms with Gasteiger partial charge in [-0.3, -0.25) is 4.79 Å². The molecule has 0 aliphatic rings. The van der Waals surface area contributed by atoms with E-state index in [0.29, 0.717) is 11.3 Å². The van der Waals surface area contributed by atoms with Crippen LogP contribution in [0.5, 0.6) is 0 Å². The minimum atomic E-state index is -0.703. The van der Waals surface area contributed by atoms with Crippen LogP contribution in [0.4, 0.5) is 10.7 Å². The van der Waals surface area contributed by atoms with Crippen molar-refractivity contribution < 1.29 is 33.4 Å². The molecule has 0 bridgehead atoms. The van der Waals surface area contributed by atoms with E-state index in [0.717, 1.165) is 11.3 Å². The standard InChI is InChI=1S/C20H22N2O7S/c1-4-27-19(25)15-11(3)16(20(26)28-5-2)30-17(15)22-14(23)10-29-18(24)12-6-8-13(21)9-7-12/h6-9H,4-5,10,21H2,1-3H3,(H,22,23). The van der Waals surface area contributed by atoms with Gasteiger partial charge in [0.2, 0.25) is 0 Å². The summed E-state index contributed by atoms with van der Waals surface area (Å²) in [5, 5.41) is 2.61. The second-order valence-corrected chi connectivity index (χ2v) is 6.97. The number of hydrogen-bond acceptors (Lipinski definition) is 9. The molecule has 0 unspecified atom stereocenters. The van der Waals surface area contributed by atoms with Gasteiger partial charge in [0.1, 0.15) is 9.88 Å². The number of rotatable bonds is 8. The van der Waals surface area contributed by atoms with Crippen molar-refractivity contribution in [2.75, 3.05) is 30.9 Å². The lowest BCUT2D eigenvalue weighted by atomic mass is 10.1. The Morgan fingerprint density at radius 1 is 0.933 bits per heavy atom.